The Bertz CT molecular complexity index is 1100. The zero-order valence-electron chi connectivity index (χ0n) is 14.0. The number of carboxylic acids is 1. The second-order valence-electron chi connectivity index (χ2n) is 6.34. The minimum absolute atomic E-state index is 0.0382. The van der Waals surface area contributed by atoms with Gasteiger partial charge in [0.1, 0.15) is 6.04 Å². The fraction of sp³-hybridized carbons (Fsp3) is 0.235. The highest BCUT2D eigenvalue weighted by Gasteiger charge is 2.34. The summed E-state index contributed by atoms with van der Waals surface area (Å²) in [5.74, 6) is -1.74. The summed E-state index contributed by atoms with van der Waals surface area (Å²) < 4.78 is 52.5. The summed E-state index contributed by atoms with van der Waals surface area (Å²) in [6.45, 7) is 3.18. The van der Waals surface area contributed by atoms with E-state index in [4.69, 9.17) is 0 Å². The Hall–Kier alpha value is -2.23. The van der Waals surface area contributed by atoms with Gasteiger partial charge in [-0.05, 0) is 30.2 Å². The number of sulfonamides is 1. The molecule has 1 atom stereocenters. The van der Waals surface area contributed by atoms with Gasteiger partial charge >= 0.3 is 5.97 Å². The highest BCUT2D eigenvalue weighted by molar-refractivity contribution is 7.92. The van der Waals surface area contributed by atoms with Crippen molar-refractivity contribution < 1.29 is 26.7 Å². The van der Waals surface area contributed by atoms with Crippen molar-refractivity contribution in [2.24, 2.45) is 5.92 Å². The molecule has 9 heteroatoms. The third-order valence-electron chi connectivity index (χ3n) is 4.23. The zero-order chi connectivity index (χ0) is 19.3. The van der Waals surface area contributed by atoms with Gasteiger partial charge in [-0.3, -0.25) is 4.79 Å². The van der Waals surface area contributed by atoms with E-state index in [1.165, 1.54) is 24.3 Å². The summed E-state index contributed by atoms with van der Waals surface area (Å²) in [5, 5.41) is 9.20. The van der Waals surface area contributed by atoms with Gasteiger partial charge in [-0.15, -0.1) is 0 Å². The molecule has 0 aromatic heterocycles. The molecule has 0 radical (unpaired) electrons. The van der Waals surface area contributed by atoms with Crippen LogP contribution in [0, 0.1) is 5.92 Å². The van der Waals surface area contributed by atoms with Crippen LogP contribution in [-0.2, 0) is 24.7 Å². The van der Waals surface area contributed by atoms with Gasteiger partial charge in [-0.1, -0.05) is 32.0 Å². The van der Waals surface area contributed by atoms with E-state index in [9.17, 15) is 26.7 Å². The lowest BCUT2D eigenvalue weighted by Crippen LogP contribution is -2.44. The Morgan fingerprint density at radius 2 is 1.65 bits per heavy atom. The molecule has 1 unspecified atom stereocenters. The predicted molar refractivity (Wildman–Crippen MR) is 93.9 cm³/mol. The molecular weight excluding hydrogens is 378 g/mol. The number of benzene rings is 2. The van der Waals surface area contributed by atoms with Crippen LogP contribution in [0.2, 0.25) is 0 Å². The highest BCUT2D eigenvalue weighted by Crippen LogP contribution is 2.43. The van der Waals surface area contributed by atoms with Crippen molar-refractivity contribution in [3.63, 3.8) is 0 Å². The number of nitrogens with one attached hydrogen (secondary N) is 1. The Kier molecular flexibility index (Phi) is 4.41. The molecule has 1 aliphatic heterocycles. The van der Waals surface area contributed by atoms with Crippen LogP contribution in [0.3, 0.4) is 0 Å². The van der Waals surface area contributed by atoms with Crippen molar-refractivity contribution in [1.82, 2.24) is 4.72 Å². The maximum absolute atomic E-state index is 12.6. The van der Waals surface area contributed by atoms with E-state index >= 15 is 0 Å². The van der Waals surface area contributed by atoms with Gasteiger partial charge in [-0.25, -0.2) is 16.8 Å². The predicted octanol–water partition coefficient (Wildman–Crippen LogP) is 1.89. The lowest BCUT2D eigenvalue weighted by molar-refractivity contribution is -0.140. The van der Waals surface area contributed by atoms with Gasteiger partial charge in [0.05, 0.1) is 14.7 Å². The first-order chi connectivity index (χ1) is 12.1. The first-order valence-electron chi connectivity index (χ1n) is 7.79. The van der Waals surface area contributed by atoms with E-state index in [1.54, 1.807) is 32.0 Å². The number of carbonyl (C=O) groups is 1. The zero-order valence-corrected chi connectivity index (χ0v) is 15.6. The van der Waals surface area contributed by atoms with Crippen molar-refractivity contribution in [3.8, 4) is 11.1 Å². The van der Waals surface area contributed by atoms with Gasteiger partial charge in [0.15, 0.2) is 0 Å². The molecule has 3 rings (SSSR count). The molecule has 0 saturated heterocycles. The van der Waals surface area contributed by atoms with Gasteiger partial charge in [0.25, 0.3) is 0 Å². The van der Waals surface area contributed by atoms with E-state index in [2.05, 4.69) is 4.72 Å². The molecule has 138 valence electrons. The first kappa shape index (κ1) is 18.6. The number of aliphatic carboxylic acids is 1. The van der Waals surface area contributed by atoms with Crippen molar-refractivity contribution >= 4 is 25.8 Å². The van der Waals surface area contributed by atoms with Crippen LogP contribution >= 0.6 is 0 Å². The molecule has 26 heavy (non-hydrogen) atoms. The Balaban J connectivity index is 2.10. The molecule has 0 amide bonds. The van der Waals surface area contributed by atoms with E-state index in [0.717, 1.165) is 0 Å². The van der Waals surface area contributed by atoms with Crippen LogP contribution in [0.1, 0.15) is 13.8 Å². The normalized spacial score (nSPS) is 16.1. The number of fused-ring (bicyclic) bond motifs is 3. The molecule has 0 aliphatic carbocycles. The summed E-state index contributed by atoms with van der Waals surface area (Å²) in [7, 11) is -7.82. The fourth-order valence-corrected chi connectivity index (χ4v) is 5.90. The van der Waals surface area contributed by atoms with E-state index in [1.807, 2.05) is 0 Å². The Labute approximate surface area is 151 Å². The molecule has 2 aromatic carbocycles. The van der Waals surface area contributed by atoms with E-state index in [-0.39, 0.29) is 14.7 Å². The van der Waals surface area contributed by atoms with Crippen molar-refractivity contribution in [2.45, 2.75) is 34.6 Å². The Morgan fingerprint density at radius 1 is 1.04 bits per heavy atom. The summed E-state index contributed by atoms with van der Waals surface area (Å²) in [6, 6.07) is 8.73. The van der Waals surface area contributed by atoms with Crippen LogP contribution in [0.5, 0.6) is 0 Å². The van der Waals surface area contributed by atoms with Crippen LogP contribution in [-0.4, -0.2) is 34.0 Å². The van der Waals surface area contributed by atoms with Crippen LogP contribution < -0.4 is 4.72 Å². The molecule has 1 aliphatic rings. The summed E-state index contributed by atoms with van der Waals surface area (Å²) in [4.78, 5) is 11.3. The fourth-order valence-electron chi connectivity index (χ4n) is 2.87. The van der Waals surface area contributed by atoms with Gasteiger partial charge < -0.3 is 5.11 Å². The molecule has 0 spiro atoms. The summed E-state index contributed by atoms with van der Waals surface area (Å²) in [5.41, 5.74) is 0.720. The average molecular weight is 395 g/mol. The van der Waals surface area contributed by atoms with Crippen LogP contribution in [0.15, 0.2) is 57.2 Å². The highest BCUT2D eigenvalue weighted by atomic mass is 32.2. The first-order valence-corrected chi connectivity index (χ1v) is 10.8. The minimum Gasteiger partial charge on any atom is -0.480 e. The Morgan fingerprint density at radius 3 is 2.27 bits per heavy atom. The maximum atomic E-state index is 12.6. The summed E-state index contributed by atoms with van der Waals surface area (Å²) in [6.07, 6.45) is 0. The molecule has 0 bridgehead atoms. The largest absolute Gasteiger partial charge is 0.480 e. The molecule has 2 N–H and O–H groups in total. The number of rotatable bonds is 5. The molecule has 0 saturated carbocycles. The second-order valence-corrected chi connectivity index (χ2v) is 9.94. The quantitative estimate of drug-likeness (QED) is 0.681. The second kappa shape index (κ2) is 6.19. The SMILES string of the molecule is CC(C)C(NS(=O)(=O)c1ccc2c(c1)-c1ccccc1S2(=O)=O)C(=O)O. The molecule has 0 fully saturated rings. The summed E-state index contributed by atoms with van der Waals surface area (Å²) >= 11 is 0. The third-order valence-corrected chi connectivity index (χ3v) is 7.54. The van der Waals surface area contributed by atoms with Crippen LogP contribution in [0.4, 0.5) is 0 Å². The third kappa shape index (κ3) is 2.91. The van der Waals surface area contributed by atoms with Gasteiger partial charge in [-0.2, -0.15) is 4.72 Å². The van der Waals surface area contributed by atoms with Crippen LogP contribution in [0.25, 0.3) is 11.1 Å². The van der Waals surface area contributed by atoms with Crippen molar-refractivity contribution in [1.29, 1.82) is 0 Å². The number of hydrogen-bond donors (Lipinski definition) is 2. The number of carboxylic acid groups (broad SMARTS) is 1. The smallest absolute Gasteiger partial charge is 0.322 e. The molecule has 7 nitrogen and oxygen atoms in total. The topological polar surface area (TPSA) is 118 Å². The van der Waals surface area contributed by atoms with Crippen molar-refractivity contribution in [2.75, 3.05) is 0 Å². The van der Waals surface area contributed by atoms with Crippen molar-refractivity contribution in [3.05, 3.63) is 42.5 Å². The lowest BCUT2D eigenvalue weighted by atomic mass is 10.1. The molecule has 2 aromatic rings. The van der Waals surface area contributed by atoms with Gasteiger partial charge in [0.2, 0.25) is 19.9 Å². The molecule has 1 heterocycles. The minimum atomic E-state index is -4.14. The van der Waals surface area contributed by atoms with Gasteiger partial charge in [0, 0.05) is 11.1 Å². The number of sulfone groups is 1. The maximum Gasteiger partial charge on any atom is 0.322 e. The van der Waals surface area contributed by atoms with E-state index in [0.29, 0.717) is 11.1 Å². The lowest BCUT2D eigenvalue weighted by Gasteiger charge is -2.18. The monoisotopic (exact) mass is 395 g/mol. The van der Waals surface area contributed by atoms with E-state index < -0.39 is 37.8 Å². The number of hydrogen-bond acceptors (Lipinski definition) is 5. The average Bonchev–Trinajstić information content (AvgIpc) is 2.80. The standard InChI is InChI=1S/C17H17NO6S2/c1-10(2)16(17(19)20)18-26(23,24)11-7-8-15-13(9-11)12-5-3-4-6-14(12)25(15,21)22/h3-10,16,18H,1-2H3,(H,19,20). The molecular formula is C17H17NO6S2.